The fourth-order valence-electron chi connectivity index (χ4n) is 2.68. The summed E-state index contributed by atoms with van der Waals surface area (Å²) in [7, 11) is 0. The Morgan fingerprint density at radius 2 is 2.00 bits per heavy atom. The van der Waals surface area contributed by atoms with Crippen molar-refractivity contribution in [2.75, 3.05) is 18.0 Å². The van der Waals surface area contributed by atoms with Crippen LogP contribution in [0.2, 0.25) is 0 Å². The number of pyridine rings is 1. The lowest BCUT2D eigenvalue weighted by Crippen LogP contribution is -2.25. The van der Waals surface area contributed by atoms with Crippen molar-refractivity contribution in [1.82, 2.24) is 15.0 Å². The van der Waals surface area contributed by atoms with Crippen LogP contribution in [0.3, 0.4) is 0 Å². The molecule has 2 aromatic rings. The smallest absolute Gasteiger partial charge is 0.417 e. The number of aromatic nitrogens is 3. The van der Waals surface area contributed by atoms with Gasteiger partial charge in [0, 0.05) is 37.0 Å². The maximum atomic E-state index is 12.5. The zero-order valence-corrected chi connectivity index (χ0v) is 13.3. The molecule has 3 rings (SSSR count). The summed E-state index contributed by atoms with van der Waals surface area (Å²) in [5.41, 5.74) is 0.112. The van der Waals surface area contributed by atoms with Gasteiger partial charge in [0.15, 0.2) is 0 Å². The van der Waals surface area contributed by atoms with Crippen molar-refractivity contribution in [3.63, 3.8) is 0 Å². The molecule has 0 bridgehead atoms. The molecule has 3 heterocycles. The number of aryl methyl sites for hydroxylation is 2. The first-order valence-corrected chi connectivity index (χ1v) is 7.58. The number of ether oxygens (including phenoxy) is 1. The molecule has 1 unspecified atom stereocenters. The predicted molar refractivity (Wildman–Crippen MR) is 82.0 cm³/mol. The van der Waals surface area contributed by atoms with Gasteiger partial charge in [-0.25, -0.2) is 15.0 Å². The Hall–Kier alpha value is -2.38. The highest BCUT2D eigenvalue weighted by atomic mass is 19.4. The van der Waals surface area contributed by atoms with E-state index in [1.165, 1.54) is 6.07 Å². The van der Waals surface area contributed by atoms with Crippen molar-refractivity contribution in [2.45, 2.75) is 32.5 Å². The van der Waals surface area contributed by atoms with E-state index in [0.29, 0.717) is 12.4 Å². The van der Waals surface area contributed by atoms with Gasteiger partial charge in [0.05, 0.1) is 12.1 Å². The minimum atomic E-state index is -4.39. The van der Waals surface area contributed by atoms with Gasteiger partial charge >= 0.3 is 6.18 Å². The molecule has 1 aliphatic heterocycles. The van der Waals surface area contributed by atoms with E-state index < -0.39 is 11.7 Å². The first-order valence-electron chi connectivity index (χ1n) is 7.58. The van der Waals surface area contributed by atoms with Gasteiger partial charge in [-0.05, 0) is 19.9 Å². The largest absolute Gasteiger partial charge is 0.472 e. The standard InChI is InChI=1S/C16H17F3N4O/c1-10-7-14(22-11(2)21-10)23-6-5-13(9-23)24-15-4-3-12(8-20-15)16(17,18)19/h3-4,7-8,13H,5-6,9H2,1-2H3. The second-order valence-electron chi connectivity index (χ2n) is 5.77. The van der Waals surface area contributed by atoms with Crippen LogP contribution in [0.5, 0.6) is 5.88 Å². The second-order valence-corrected chi connectivity index (χ2v) is 5.77. The molecule has 5 nitrogen and oxygen atoms in total. The van der Waals surface area contributed by atoms with Crippen LogP contribution in [0, 0.1) is 13.8 Å². The lowest BCUT2D eigenvalue weighted by Gasteiger charge is -2.18. The molecule has 0 N–H and O–H groups in total. The molecular weight excluding hydrogens is 321 g/mol. The Kier molecular flexibility index (Phi) is 4.29. The monoisotopic (exact) mass is 338 g/mol. The van der Waals surface area contributed by atoms with Crippen molar-refractivity contribution in [3.8, 4) is 5.88 Å². The molecule has 0 aromatic carbocycles. The highest BCUT2D eigenvalue weighted by molar-refractivity contribution is 5.41. The van der Waals surface area contributed by atoms with E-state index in [-0.39, 0.29) is 12.0 Å². The molecule has 0 aliphatic carbocycles. The second kappa shape index (κ2) is 6.26. The van der Waals surface area contributed by atoms with E-state index in [9.17, 15) is 13.2 Å². The number of anilines is 1. The van der Waals surface area contributed by atoms with E-state index >= 15 is 0 Å². The van der Waals surface area contributed by atoms with E-state index in [2.05, 4.69) is 19.9 Å². The SMILES string of the molecule is Cc1cc(N2CCC(Oc3ccc(C(F)(F)F)cn3)C2)nc(C)n1. The first-order chi connectivity index (χ1) is 11.3. The molecule has 0 radical (unpaired) electrons. The van der Waals surface area contributed by atoms with Crippen LogP contribution in [0.1, 0.15) is 23.5 Å². The summed E-state index contributed by atoms with van der Waals surface area (Å²) in [6.45, 7) is 5.13. The Labute approximate surface area is 137 Å². The third-order valence-electron chi connectivity index (χ3n) is 3.77. The Morgan fingerprint density at radius 1 is 1.21 bits per heavy atom. The van der Waals surface area contributed by atoms with Crippen LogP contribution in [0.25, 0.3) is 0 Å². The van der Waals surface area contributed by atoms with Gasteiger partial charge in [0.1, 0.15) is 17.7 Å². The number of halogens is 3. The third kappa shape index (κ3) is 3.74. The topological polar surface area (TPSA) is 51.1 Å². The highest BCUT2D eigenvalue weighted by Gasteiger charge is 2.31. The van der Waals surface area contributed by atoms with Gasteiger partial charge < -0.3 is 9.64 Å². The first kappa shape index (κ1) is 16.5. The number of nitrogens with zero attached hydrogens (tertiary/aromatic N) is 4. The summed E-state index contributed by atoms with van der Waals surface area (Å²) in [5, 5.41) is 0. The van der Waals surface area contributed by atoms with Gasteiger partial charge in [-0.2, -0.15) is 13.2 Å². The molecule has 0 spiro atoms. The zero-order chi connectivity index (χ0) is 17.3. The maximum absolute atomic E-state index is 12.5. The molecule has 128 valence electrons. The van der Waals surface area contributed by atoms with Crippen molar-refractivity contribution in [3.05, 3.63) is 41.5 Å². The molecule has 1 aliphatic rings. The molecule has 0 amide bonds. The lowest BCUT2D eigenvalue weighted by atomic mass is 10.3. The molecule has 1 saturated heterocycles. The van der Waals surface area contributed by atoms with Gasteiger partial charge in [0.2, 0.25) is 5.88 Å². The lowest BCUT2D eigenvalue weighted by molar-refractivity contribution is -0.137. The van der Waals surface area contributed by atoms with Crippen molar-refractivity contribution in [2.24, 2.45) is 0 Å². The number of hydrogen-bond donors (Lipinski definition) is 0. The number of rotatable bonds is 3. The molecule has 1 fully saturated rings. The van der Waals surface area contributed by atoms with Crippen molar-refractivity contribution in [1.29, 1.82) is 0 Å². The summed E-state index contributed by atoms with van der Waals surface area (Å²) < 4.78 is 43.3. The average molecular weight is 338 g/mol. The van der Waals surface area contributed by atoms with Crippen LogP contribution in [-0.4, -0.2) is 34.1 Å². The summed E-state index contributed by atoms with van der Waals surface area (Å²) in [4.78, 5) is 14.5. The van der Waals surface area contributed by atoms with E-state index in [4.69, 9.17) is 4.74 Å². The fourth-order valence-corrected chi connectivity index (χ4v) is 2.68. The summed E-state index contributed by atoms with van der Waals surface area (Å²) in [5.74, 6) is 1.75. The average Bonchev–Trinajstić information content (AvgIpc) is 2.94. The van der Waals surface area contributed by atoms with Crippen LogP contribution in [-0.2, 0) is 6.18 Å². The van der Waals surface area contributed by atoms with Gasteiger partial charge in [-0.15, -0.1) is 0 Å². The van der Waals surface area contributed by atoms with E-state index in [0.717, 1.165) is 36.7 Å². The van der Waals surface area contributed by atoms with Gasteiger partial charge in [-0.1, -0.05) is 0 Å². The van der Waals surface area contributed by atoms with Crippen LogP contribution in [0.15, 0.2) is 24.4 Å². The number of alkyl halides is 3. The molecular formula is C16H17F3N4O. The van der Waals surface area contributed by atoms with Crippen LogP contribution in [0.4, 0.5) is 19.0 Å². The Balaban J connectivity index is 1.64. The van der Waals surface area contributed by atoms with Crippen molar-refractivity contribution >= 4 is 5.82 Å². The summed E-state index contributed by atoms with van der Waals surface area (Å²) >= 11 is 0. The normalized spacial score (nSPS) is 18.0. The zero-order valence-electron chi connectivity index (χ0n) is 13.3. The fraction of sp³-hybridized carbons (Fsp3) is 0.438. The van der Waals surface area contributed by atoms with Crippen molar-refractivity contribution < 1.29 is 17.9 Å². The minimum Gasteiger partial charge on any atom is -0.472 e. The highest BCUT2D eigenvalue weighted by Crippen LogP contribution is 2.29. The molecule has 2 aromatic heterocycles. The van der Waals surface area contributed by atoms with Gasteiger partial charge in [0.25, 0.3) is 0 Å². The summed E-state index contributed by atoms with van der Waals surface area (Å²) in [6, 6.07) is 4.14. The molecule has 8 heteroatoms. The minimum absolute atomic E-state index is 0.134. The van der Waals surface area contributed by atoms with Crippen LogP contribution >= 0.6 is 0 Å². The van der Waals surface area contributed by atoms with Gasteiger partial charge in [-0.3, -0.25) is 0 Å². The predicted octanol–water partition coefficient (Wildman–Crippen LogP) is 3.16. The quantitative estimate of drug-likeness (QED) is 0.860. The Morgan fingerprint density at radius 3 is 2.62 bits per heavy atom. The maximum Gasteiger partial charge on any atom is 0.417 e. The molecule has 24 heavy (non-hydrogen) atoms. The number of hydrogen-bond acceptors (Lipinski definition) is 5. The van der Waals surface area contributed by atoms with E-state index in [1.807, 2.05) is 19.9 Å². The Bertz CT molecular complexity index is 698. The summed E-state index contributed by atoms with van der Waals surface area (Å²) in [6.07, 6.45) is -2.98. The molecule has 0 saturated carbocycles. The van der Waals surface area contributed by atoms with E-state index in [1.54, 1.807) is 0 Å². The van der Waals surface area contributed by atoms with Crippen LogP contribution < -0.4 is 9.64 Å². The molecule has 1 atom stereocenters. The third-order valence-corrected chi connectivity index (χ3v) is 3.77.